The molecule has 19 heavy (non-hydrogen) atoms. The lowest BCUT2D eigenvalue weighted by Crippen LogP contribution is -2.07. The SMILES string of the molecule is Cc1c(C(C)C)c2cccc(C(=O)O)c2n1C(C)C. The molecule has 0 fully saturated rings. The highest BCUT2D eigenvalue weighted by atomic mass is 16.4. The van der Waals surface area contributed by atoms with E-state index in [-0.39, 0.29) is 6.04 Å². The summed E-state index contributed by atoms with van der Waals surface area (Å²) in [5.41, 5.74) is 3.67. The zero-order chi connectivity index (χ0) is 14.3. The zero-order valence-electron chi connectivity index (χ0n) is 12.2. The molecule has 0 aliphatic carbocycles. The van der Waals surface area contributed by atoms with Gasteiger partial charge in [-0.3, -0.25) is 0 Å². The topological polar surface area (TPSA) is 42.2 Å². The summed E-state index contributed by atoms with van der Waals surface area (Å²) >= 11 is 0. The molecule has 0 spiro atoms. The third-order valence-corrected chi connectivity index (χ3v) is 3.64. The summed E-state index contributed by atoms with van der Waals surface area (Å²) in [4.78, 5) is 11.5. The van der Waals surface area contributed by atoms with Crippen LogP contribution < -0.4 is 0 Å². The normalized spacial score (nSPS) is 11.7. The molecule has 2 aromatic rings. The predicted octanol–water partition coefficient (Wildman–Crippen LogP) is 4.35. The van der Waals surface area contributed by atoms with Crippen LogP contribution in [0.1, 0.15) is 61.3 Å². The number of hydrogen-bond donors (Lipinski definition) is 1. The van der Waals surface area contributed by atoms with Crippen LogP contribution in [-0.2, 0) is 0 Å². The fraction of sp³-hybridized carbons (Fsp3) is 0.438. The van der Waals surface area contributed by atoms with Crippen LogP contribution in [0.4, 0.5) is 0 Å². The molecule has 0 atom stereocenters. The van der Waals surface area contributed by atoms with Crippen molar-refractivity contribution in [3.05, 3.63) is 35.0 Å². The van der Waals surface area contributed by atoms with Crippen LogP contribution in [0.5, 0.6) is 0 Å². The molecule has 1 aromatic carbocycles. The van der Waals surface area contributed by atoms with E-state index in [0.29, 0.717) is 11.5 Å². The van der Waals surface area contributed by atoms with E-state index in [2.05, 4.69) is 39.2 Å². The van der Waals surface area contributed by atoms with Gasteiger partial charge in [0.2, 0.25) is 0 Å². The van der Waals surface area contributed by atoms with Crippen molar-refractivity contribution in [1.29, 1.82) is 0 Å². The third-order valence-electron chi connectivity index (χ3n) is 3.64. The predicted molar refractivity (Wildman–Crippen MR) is 78.1 cm³/mol. The van der Waals surface area contributed by atoms with Gasteiger partial charge < -0.3 is 9.67 Å². The molecule has 1 heterocycles. The molecule has 0 unspecified atom stereocenters. The molecule has 2 rings (SSSR count). The first-order chi connectivity index (χ1) is 8.86. The Bertz CT molecular complexity index is 636. The highest BCUT2D eigenvalue weighted by Gasteiger charge is 2.22. The Morgan fingerprint density at radius 2 is 1.84 bits per heavy atom. The summed E-state index contributed by atoms with van der Waals surface area (Å²) < 4.78 is 2.15. The first-order valence-corrected chi connectivity index (χ1v) is 6.73. The van der Waals surface area contributed by atoms with Crippen LogP contribution in [0, 0.1) is 6.92 Å². The summed E-state index contributed by atoms with van der Waals surface area (Å²) in [6.07, 6.45) is 0. The highest BCUT2D eigenvalue weighted by molar-refractivity contribution is 6.04. The molecule has 1 aromatic heterocycles. The Morgan fingerprint density at radius 3 is 2.32 bits per heavy atom. The van der Waals surface area contributed by atoms with E-state index < -0.39 is 5.97 Å². The second-order valence-corrected chi connectivity index (χ2v) is 5.62. The number of nitrogens with zero attached hydrogens (tertiary/aromatic N) is 1. The maximum atomic E-state index is 11.5. The van der Waals surface area contributed by atoms with E-state index in [1.54, 1.807) is 6.07 Å². The van der Waals surface area contributed by atoms with Crippen molar-refractivity contribution in [3.8, 4) is 0 Å². The number of aromatic nitrogens is 1. The first-order valence-electron chi connectivity index (χ1n) is 6.73. The number of aromatic carboxylic acids is 1. The van der Waals surface area contributed by atoms with Crippen LogP contribution >= 0.6 is 0 Å². The lowest BCUT2D eigenvalue weighted by Gasteiger charge is -2.14. The molecule has 0 radical (unpaired) electrons. The number of rotatable bonds is 3. The molecule has 3 heteroatoms. The second-order valence-electron chi connectivity index (χ2n) is 5.62. The Morgan fingerprint density at radius 1 is 1.21 bits per heavy atom. The van der Waals surface area contributed by atoms with E-state index in [9.17, 15) is 9.90 Å². The minimum atomic E-state index is -0.861. The van der Waals surface area contributed by atoms with Gasteiger partial charge in [-0.2, -0.15) is 0 Å². The van der Waals surface area contributed by atoms with Gasteiger partial charge in [-0.05, 0) is 38.3 Å². The van der Waals surface area contributed by atoms with Gasteiger partial charge in [0.05, 0.1) is 11.1 Å². The van der Waals surface area contributed by atoms with Crippen LogP contribution in [0.25, 0.3) is 10.9 Å². The molecule has 0 saturated heterocycles. The van der Waals surface area contributed by atoms with E-state index in [0.717, 1.165) is 10.9 Å². The van der Waals surface area contributed by atoms with Crippen molar-refractivity contribution in [3.63, 3.8) is 0 Å². The van der Waals surface area contributed by atoms with Crippen LogP contribution in [0.2, 0.25) is 0 Å². The standard InChI is InChI=1S/C16H21NO2/c1-9(2)14-11(5)17(10(3)4)15-12(14)7-6-8-13(15)16(18)19/h6-10H,1-5H3,(H,18,19). The lowest BCUT2D eigenvalue weighted by atomic mass is 9.99. The van der Waals surface area contributed by atoms with Gasteiger partial charge in [-0.25, -0.2) is 4.79 Å². The van der Waals surface area contributed by atoms with Crippen molar-refractivity contribution in [1.82, 2.24) is 4.57 Å². The van der Waals surface area contributed by atoms with Crippen molar-refractivity contribution >= 4 is 16.9 Å². The van der Waals surface area contributed by atoms with Crippen molar-refractivity contribution < 1.29 is 9.90 Å². The van der Waals surface area contributed by atoms with Crippen LogP contribution in [0.15, 0.2) is 18.2 Å². The number of benzene rings is 1. The molecular formula is C16H21NO2. The monoisotopic (exact) mass is 259 g/mol. The highest BCUT2D eigenvalue weighted by Crippen LogP contribution is 2.35. The van der Waals surface area contributed by atoms with Crippen LogP contribution in [0.3, 0.4) is 0 Å². The van der Waals surface area contributed by atoms with E-state index in [1.807, 2.05) is 12.1 Å². The maximum absolute atomic E-state index is 11.5. The van der Waals surface area contributed by atoms with Gasteiger partial charge in [-0.15, -0.1) is 0 Å². The zero-order valence-corrected chi connectivity index (χ0v) is 12.2. The number of carboxylic acids is 1. The van der Waals surface area contributed by atoms with Crippen molar-refractivity contribution in [2.45, 2.75) is 46.6 Å². The molecule has 0 bridgehead atoms. The number of hydrogen-bond acceptors (Lipinski definition) is 1. The molecule has 3 nitrogen and oxygen atoms in total. The number of carbonyl (C=O) groups is 1. The van der Waals surface area contributed by atoms with E-state index in [1.165, 1.54) is 11.3 Å². The number of fused-ring (bicyclic) bond motifs is 1. The molecular weight excluding hydrogens is 238 g/mol. The molecule has 0 saturated carbocycles. The van der Waals surface area contributed by atoms with Gasteiger partial charge in [0.15, 0.2) is 0 Å². The minimum Gasteiger partial charge on any atom is -0.478 e. The molecule has 0 amide bonds. The second kappa shape index (κ2) is 4.72. The smallest absolute Gasteiger partial charge is 0.337 e. The third kappa shape index (κ3) is 2.03. The Hall–Kier alpha value is -1.77. The Labute approximate surface area is 113 Å². The number of para-hydroxylation sites is 1. The van der Waals surface area contributed by atoms with Crippen molar-refractivity contribution in [2.75, 3.05) is 0 Å². The molecule has 0 aliphatic heterocycles. The molecule has 102 valence electrons. The minimum absolute atomic E-state index is 0.246. The largest absolute Gasteiger partial charge is 0.478 e. The first kappa shape index (κ1) is 13.7. The Balaban J connectivity index is 2.98. The van der Waals surface area contributed by atoms with E-state index in [4.69, 9.17) is 0 Å². The fourth-order valence-corrected chi connectivity index (χ4v) is 3.06. The average molecular weight is 259 g/mol. The van der Waals surface area contributed by atoms with Crippen molar-refractivity contribution in [2.24, 2.45) is 0 Å². The lowest BCUT2D eigenvalue weighted by molar-refractivity contribution is 0.0698. The van der Waals surface area contributed by atoms with Gasteiger partial charge in [0, 0.05) is 17.1 Å². The summed E-state index contributed by atoms with van der Waals surface area (Å²) in [5, 5.41) is 10.5. The quantitative estimate of drug-likeness (QED) is 0.890. The maximum Gasteiger partial charge on any atom is 0.337 e. The van der Waals surface area contributed by atoms with E-state index >= 15 is 0 Å². The Kier molecular flexibility index (Phi) is 3.40. The fourth-order valence-electron chi connectivity index (χ4n) is 3.06. The van der Waals surface area contributed by atoms with Crippen LogP contribution in [-0.4, -0.2) is 15.6 Å². The average Bonchev–Trinajstić information content (AvgIpc) is 2.59. The molecule has 1 N–H and O–H groups in total. The van der Waals surface area contributed by atoms with Gasteiger partial charge in [0.25, 0.3) is 0 Å². The number of carboxylic acid groups (broad SMARTS) is 1. The van der Waals surface area contributed by atoms with Gasteiger partial charge in [-0.1, -0.05) is 26.0 Å². The summed E-state index contributed by atoms with van der Waals surface area (Å²) in [6.45, 7) is 10.6. The van der Waals surface area contributed by atoms with Gasteiger partial charge >= 0.3 is 5.97 Å². The summed E-state index contributed by atoms with van der Waals surface area (Å²) in [6, 6.07) is 5.80. The summed E-state index contributed by atoms with van der Waals surface area (Å²) in [5.74, 6) is -0.480. The molecule has 0 aliphatic rings. The van der Waals surface area contributed by atoms with Gasteiger partial charge in [0.1, 0.15) is 0 Å². The summed E-state index contributed by atoms with van der Waals surface area (Å²) in [7, 11) is 0.